The normalized spacial score (nSPS) is 12.7. The summed E-state index contributed by atoms with van der Waals surface area (Å²) in [5, 5.41) is 3.02. The van der Waals surface area contributed by atoms with Gasteiger partial charge in [-0.2, -0.15) is 0 Å². The Morgan fingerprint density at radius 3 is 2.41 bits per heavy atom. The first-order valence-electron chi connectivity index (χ1n) is 7.17. The zero-order chi connectivity index (χ0) is 16.0. The van der Waals surface area contributed by atoms with E-state index in [2.05, 4.69) is 35.1 Å². The van der Waals surface area contributed by atoms with E-state index in [-0.39, 0.29) is 29.8 Å². The van der Waals surface area contributed by atoms with Crippen LogP contribution in [0.3, 0.4) is 0 Å². The van der Waals surface area contributed by atoms with Gasteiger partial charge in [0.25, 0.3) is 0 Å². The standard InChI is InChI=1S/C16H26BrN3O.ClH/c1-12(13-5-7-14(17)8-6-13)19-15(21)9-20(4)11-16(2,3)10-18;/h5-8,12H,9-11,18H2,1-4H3,(H,19,21);1H. The van der Waals surface area contributed by atoms with Crippen molar-refractivity contribution in [3.8, 4) is 0 Å². The van der Waals surface area contributed by atoms with Crippen molar-refractivity contribution < 1.29 is 4.79 Å². The number of amides is 1. The molecule has 6 heteroatoms. The van der Waals surface area contributed by atoms with Crippen molar-refractivity contribution >= 4 is 34.2 Å². The van der Waals surface area contributed by atoms with Crippen molar-refractivity contribution in [2.24, 2.45) is 11.1 Å². The summed E-state index contributed by atoms with van der Waals surface area (Å²) >= 11 is 3.41. The van der Waals surface area contributed by atoms with E-state index in [0.717, 1.165) is 16.6 Å². The summed E-state index contributed by atoms with van der Waals surface area (Å²) in [5.41, 5.74) is 6.84. The molecule has 0 saturated carbocycles. The highest BCUT2D eigenvalue weighted by atomic mass is 79.9. The molecule has 0 spiro atoms. The number of rotatable bonds is 7. The third kappa shape index (κ3) is 7.58. The Labute approximate surface area is 148 Å². The van der Waals surface area contributed by atoms with Gasteiger partial charge in [0.2, 0.25) is 5.91 Å². The second-order valence-electron chi connectivity index (χ2n) is 6.38. The zero-order valence-electron chi connectivity index (χ0n) is 13.7. The Morgan fingerprint density at radius 1 is 1.36 bits per heavy atom. The van der Waals surface area contributed by atoms with Crippen LogP contribution in [0.25, 0.3) is 0 Å². The Bertz CT molecular complexity index is 465. The Morgan fingerprint density at radius 2 is 1.91 bits per heavy atom. The summed E-state index contributed by atoms with van der Waals surface area (Å²) < 4.78 is 1.04. The number of likely N-dealkylation sites (N-methyl/N-ethyl adjacent to an activating group) is 1. The highest BCUT2D eigenvalue weighted by Crippen LogP contribution is 2.17. The highest BCUT2D eigenvalue weighted by Gasteiger charge is 2.20. The van der Waals surface area contributed by atoms with Crippen molar-refractivity contribution in [3.63, 3.8) is 0 Å². The molecular weight excluding hydrogens is 366 g/mol. The van der Waals surface area contributed by atoms with Gasteiger partial charge >= 0.3 is 0 Å². The van der Waals surface area contributed by atoms with Gasteiger partial charge in [0.05, 0.1) is 12.6 Å². The van der Waals surface area contributed by atoms with Gasteiger partial charge in [0.1, 0.15) is 0 Å². The van der Waals surface area contributed by atoms with Crippen molar-refractivity contribution in [2.45, 2.75) is 26.8 Å². The molecule has 1 rings (SSSR count). The minimum Gasteiger partial charge on any atom is -0.348 e. The van der Waals surface area contributed by atoms with Gasteiger partial charge in [-0.05, 0) is 43.6 Å². The second kappa shape index (κ2) is 9.50. The molecule has 1 amide bonds. The van der Waals surface area contributed by atoms with Crippen LogP contribution in [0, 0.1) is 5.41 Å². The quantitative estimate of drug-likeness (QED) is 0.750. The SMILES string of the molecule is CC(NC(=O)CN(C)CC(C)(C)CN)c1ccc(Br)cc1.Cl. The van der Waals surface area contributed by atoms with E-state index in [1.54, 1.807) is 0 Å². The number of hydrogen-bond donors (Lipinski definition) is 2. The first-order chi connectivity index (χ1) is 9.73. The van der Waals surface area contributed by atoms with Crippen LogP contribution in [-0.2, 0) is 4.79 Å². The Balaban J connectivity index is 0.00000441. The van der Waals surface area contributed by atoms with Crippen LogP contribution in [0.1, 0.15) is 32.4 Å². The van der Waals surface area contributed by atoms with Crippen molar-refractivity contribution in [1.29, 1.82) is 0 Å². The number of nitrogens with two attached hydrogens (primary N) is 1. The molecule has 0 bridgehead atoms. The molecule has 1 aromatic carbocycles. The summed E-state index contributed by atoms with van der Waals surface area (Å²) in [5.74, 6) is 0.0285. The fourth-order valence-corrected chi connectivity index (χ4v) is 2.48. The van der Waals surface area contributed by atoms with E-state index in [4.69, 9.17) is 5.73 Å². The van der Waals surface area contributed by atoms with Crippen LogP contribution < -0.4 is 11.1 Å². The maximum absolute atomic E-state index is 12.1. The molecule has 0 radical (unpaired) electrons. The second-order valence-corrected chi connectivity index (χ2v) is 7.30. The molecule has 22 heavy (non-hydrogen) atoms. The monoisotopic (exact) mass is 391 g/mol. The van der Waals surface area contributed by atoms with Gasteiger partial charge in [-0.25, -0.2) is 0 Å². The number of carbonyl (C=O) groups excluding carboxylic acids is 1. The zero-order valence-corrected chi connectivity index (χ0v) is 16.1. The summed E-state index contributed by atoms with van der Waals surface area (Å²) in [6.07, 6.45) is 0. The number of nitrogens with zero attached hydrogens (tertiary/aromatic N) is 1. The van der Waals surface area contributed by atoms with E-state index in [1.165, 1.54) is 0 Å². The van der Waals surface area contributed by atoms with E-state index >= 15 is 0 Å². The lowest BCUT2D eigenvalue weighted by atomic mass is 9.93. The summed E-state index contributed by atoms with van der Waals surface area (Å²) in [7, 11) is 1.95. The molecule has 4 nitrogen and oxygen atoms in total. The maximum Gasteiger partial charge on any atom is 0.234 e. The van der Waals surface area contributed by atoms with Crippen molar-refractivity contribution in [3.05, 3.63) is 34.3 Å². The molecule has 0 fully saturated rings. The summed E-state index contributed by atoms with van der Waals surface area (Å²) in [4.78, 5) is 14.1. The van der Waals surface area contributed by atoms with E-state index in [0.29, 0.717) is 13.1 Å². The van der Waals surface area contributed by atoms with Crippen LogP contribution in [0.2, 0.25) is 0 Å². The number of hydrogen-bond acceptors (Lipinski definition) is 3. The Hall–Kier alpha value is -0.620. The van der Waals surface area contributed by atoms with Crippen molar-refractivity contribution in [2.75, 3.05) is 26.7 Å². The van der Waals surface area contributed by atoms with Gasteiger partial charge in [-0.3, -0.25) is 9.69 Å². The first-order valence-corrected chi connectivity index (χ1v) is 7.96. The van der Waals surface area contributed by atoms with E-state index in [1.807, 2.05) is 43.1 Å². The van der Waals surface area contributed by atoms with Crippen LogP contribution in [0.15, 0.2) is 28.7 Å². The van der Waals surface area contributed by atoms with E-state index < -0.39 is 0 Å². The largest absolute Gasteiger partial charge is 0.348 e. The first kappa shape index (κ1) is 21.4. The molecule has 0 aliphatic heterocycles. The average Bonchev–Trinajstić information content (AvgIpc) is 2.38. The van der Waals surface area contributed by atoms with Crippen LogP contribution in [0.5, 0.6) is 0 Å². The van der Waals surface area contributed by atoms with Gasteiger partial charge in [-0.15, -0.1) is 12.4 Å². The van der Waals surface area contributed by atoms with Gasteiger partial charge in [0, 0.05) is 11.0 Å². The fourth-order valence-electron chi connectivity index (χ4n) is 2.22. The molecule has 1 aromatic rings. The average molecular weight is 393 g/mol. The van der Waals surface area contributed by atoms with Crippen LogP contribution in [0.4, 0.5) is 0 Å². The molecule has 0 aliphatic rings. The number of benzene rings is 1. The molecular formula is C16H27BrClN3O. The molecule has 1 unspecified atom stereocenters. The number of nitrogens with one attached hydrogen (secondary N) is 1. The maximum atomic E-state index is 12.1. The highest BCUT2D eigenvalue weighted by molar-refractivity contribution is 9.10. The topological polar surface area (TPSA) is 58.4 Å². The number of carbonyl (C=O) groups is 1. The number of halogens is 2. The molecule has 1 atom stereocenters. The van der Waals surface area contributed by atoms with Crippen molar-refractivity contribution in [1.82, 2.24) is 10.2 Å². The van der Waals surface area contributed by atoms with Gasteiger partial charge in [-0.1, -0.05) is 41.9 Å². The lowest BCUT2D eigenvalue weighted by Gasteiger charge is -2.28. The minimum absolute atomic E-state index is 0. The van der Waals surface area contributed by atoms with Crippen LogP contribution in [-0.4, -0.2) is 37.5 Å². The van der Waals surface area contributed by atoms with Gasteiger partial charge < -0.3 is 11.1 Å². The fraction of sp³-hybridized carbons (Fsp3) is 0.562. The molecule has 3 N–H and O–H groups in total. The molecule has 0 heterocycles. The molecule has 0 aliphatic carbocycles. The lowest BCUT2D eigenvalue weighted by molar-refractivity contribution is -0.122. The van der Waals surface area contributed by atoms with E-state index in [9.17, 15) is 4.79 Å². The lowest BCUT2D eigenvalue weighted by Crippen LogP contribution is -2.42. The predicted octanol–water partition coefficient (Wildman–Crippen LogP) is 2.96. The molecule has 126 valence electrons. The van der Waals surface area contributed by atoms with Crippen LogP contribution >= 0.6 is 28.3 Å². The summed E-state index contributed by atoms with van der Waals surface area (Å²) in [6.45, 7) is 7.98. The Kier molecular flexibility index (Phi) is 9.24. The van der Waals surface area contributed by atoms with Gasteiger partial charge in [0.15, 0.2) is 0 Å². The minimum atomic E-state index is 0. The third-order valence-corrected chi connectivity index (χ3v) is 3.94. The molecule has 0 aromatic heterocycles. The third-order valence-electron chi connectivity index (χ3n) is 3.41. The predicted molar refractivity (Wildman–Crippen MR) is 98.3 cm³/mol. The molecule has 0 saturated heterocycles. The summed E-state index contributed by atoms with van der Waals surface area (Å²) in [6, 6.07) is 7.98. The smallest absolute Gasteiger partial charge is 0.234 e.